The number of alkyl halides is 3. The molecular formula is C31H27F3N4OS. The molecule has 0 aliphatic carbocycles. The van der Waals surface area contributed by atoms with Crippen LogP contribution in [0.2, 0.25) is 0 Å². The number of rotatable bonds is 6. The van der Waals surface area contributed by atoms with Crippen molar-refractivity contribution < 1.29 is 18.0 Å². The van der Waals surface area contributed by atoms with E-state index in [1.165, 1.54) is 23.0 Å². The van der Waals surface area contributed by atoms with Gasteiger partial charge in [0.15, 0.2) is 0 Å². The molecule has 0 bridgehead atoms. The van der Waals surface area contributed by atoms with Gasteiger partial charge in [-0.25, -0.2) is 4.98 Å². The summed E-state index contributed by atoms with van der Waals surface area (Å²) in [4.78, 5) is 26.7. The van der Waals surface area contributed by atoms with Crippen LogP contribution < -0.4 is 0 Å². The molecule has 1 saturated heterocycles. The largest absolute Gasteiger partial charge is 0.416 e. The number of thiophene rings is 1. The maximum Gasteiger partial charge on any atom is 0.416 e. The van der Waals surface area contributed by atoms with Crippen molar-refractivity contribution in [3.8, 4) is 21.1 Å². The molecule has 0 unspecified atom stereocenters. The monoisotopic (exact) mass is 560 g/mol. The Kier molecular flexibility index (Phi) is 7.16. The Morgan fingerprint density at radius 2 is 1.60 bits per heavy atom. The number of benzene rings is 3. The van der Waals surface area contributed by atoms with Gasteiger partial charge in [-0.15, -0.1) is 11.3 Å². The number of H-pyrrole nitrogens is 1. The minimum Gasteiger partial charge on any atom is -0.337 e. The maximum atomic E-state index is 13.1. The number of aromatic amines is 1. The van der Waals surface area contributed by atoms with Gasteiger partial charge in [-0.05, 0) is 60.0 Å². The second-order valence-corrected chi connectivity index (χ2v) is 11.0. The minimum absolute atomic E-state index is 0.0432. The lowest BCUT2D eigenvalue weighted by Gasteiger charge is -2.34. The van der Waals surface area contributed by atoms with Gasteiger partial charge in [0.1, 0.15) is 5.82 Å². The summed E-state index contributed by atoms with van der Waals surface area (Å²) in [7, 11) is 0. The molecule has 5 aromatic rings. The fourth-order valence-corrected chi connectivity index (χ4v) is 5.95. The highest BCUT2D eigenvalue weighted by molar-refractivity contribution is 7.18. The minimum atomic E-state index is -4.40. The van der Waals surface area contributed by atoms with Crippen molar-refractivity contribution in [3.05, 3.63) is 102 Å². The molecule has 1 aliphatic heterocycles. The van der Waals surface area contributed by atoms with Crippen molar-refractivity contribution in [1.82, 2.24) is 19.8 Å². The maximum absolute atomic E-state index is 13.1. The molecule has 1 N–H and O–H groups in total. The van der Waals surface area contributed by atoms with Crippen LogP contribution in [0.4, 0.5) is 13.2 Å². The molecule has 0 atom stereocenters. The van der Waals surface area contributed by atoms with Crippen LogP contribution >= 0.6 is 11.3 Å². The number of amides is 1. The summed E-state index contributed by atoms with van der Waals surface area (Å²) >= 11 is 1.49. The van der Waals surface area contributed by atoms with Crippen molar-refractivity contribution in [2.24, 2.45) is 0 Å². The van der Waals surface area contributed by atoms with Crippen molar-refractivity contribution in [1.29, 1.82) is 0 Å². The predicted molar refractivity (Wildman–Crippen MR) is 152 cm³/mol. The van der Waals surface area contributed by atoms with Crippen LogP contribution in [-0.4, -0.2) is 58.4 Å². The van der Waals surface area contributed by atoms with Crippen LogP contribution in [0.3, 0.4) is 0 Å². The summed E-state index contributed by atoms with van der Waals surface area (Å²) in [5.41, 5.74) is 3.08. The fraction of sp³-hybridized carbons (Fsp3) is 0.226. The van der Waals surface area contributed by atoms with Gasteiger partial charge in [-0.1, -0.05) is 42.5 Å². The molecular weight excluding hydrogens is 533 g/mol. The number of imidazole rings is 1. The Morgan fingerprint density at radius 1 is 0.875 bits per heavy atom. The summed E-state index contributed by atoms with van der Waals surface area (Å²) in [6, 6.07) is 25.4. The van der Waals surface area contributed by atoms with Crippen molar-refractivity contribution >= 4 is 28.3 Å². The number of hydrogen-bond donors (Lipinski definition) is 1. The van der Waals surface area contributed by atoms with Gasteiger partial charge in [0.05, 0.1) is 21.5 Å². The van der Waals surface area contributed by atoms with E-state index in [1.807, 2.05) is 47.4 Å². The summed E-state index contributed by atoms with van der Waals surface area (Å²) in [5.74, 6) is 0.571. The molecule has 9 heteroatoms. The third-order valence-corrected chi connectivity index (χ3v) is 8.43. The fourth-order valence-electron chi connectivity index (χ4n) is 4.99. The molecule has 0 spiro atoms. The van der Waals surface area contributed by atoms with Crippen molar-refractivity contribution in [2.75, 3.05) is 32.7 Å². The molecule has 204 valence electrons. The Hall–Kier alpha value is -3.95. The SMILES string of the molecule is O=C(c1ccc(-c2ccc(-c3nc4ccc(C(F)(F)F)cc4[nH]3)s2)cc1)N1CCN(CCc2ccccc2)CC1. The van der Waals surface area contributed by atoms with E-state index in [9.17, 15) is 18.0 Å². The summed E-state index contributed by atoms with van der Waals surface area (Å²) in [6.45, 7) is 4.16. The van der Waals surface area contributed by atoms with Gasteiger partial charge in [0.25, 0.3) is 5.91 Å². The number of nitrogens with zero attached hydrogens (tertiary/aromatic N) is 3. The highest BCUT2D eigenvalue weighted by Gasteiger charge is 2.30. The Labute approximate surface area is 233 Å². The first-order chi connectivity index (χ1) is 19.3. The topological polar surface area (TPSA) is 52.2 Å². The number of nitrogens with one attached hydrogen (secondary N) is 1. The first-order valence-corrected chi connectivity index (χ1v) is 14.0. The predicted octanol–water partition coefficient (Wildman–Crippen LogP) is 6.98. The molecule has 5 nitrogen and oxygen atoms in total. The summed E-state index contributed by atoms with van der Waals surface area (Å²) in [5, 5.41) is 0. The van der Waals surface area contributed by atoms with E-state index in [-0.39, 0.29) is 5.91 Å². The van der Waals surface area contributed by atoms with E-state index in [0.29, 0.717) is 35.5 Å². The van der Waals surface area contributed by atoms with Crippen molar-refractivity contribution in [2.45, 2.75) is 12.6 Å². The van der Waals surface area contributed by atoms with Crippen LogP contribution in [0.1, 0.15) is 21.5 Å². The zero-order valence-corrected chi connectivity index (χ0v) is 22.4. The molecule has 1 fully saturated rings. The Bertz CT molecular complexity index is 1620. The highest BCUT2D eigenvalue weighted by Crippen LogP contribution is 2.36. The van der Waals surface area contributed by atoms with Crippen LogP contribution in [0.15, 0.2) is 84.9 Å². The van der Waals surface area contributed by atoms with E-state index in [1.54, 1.807) is 0 Å². The van der Waals surface area contributed by atoms with E-state index in [2.05, 4.69) is 39.1 Å². The zero-order valence-electron chi connectivity index (χ0n) is 21.6. The lowest BCUT2D eigenvalue weighted by atomic mass is 10.1. The second-order valence-electron chi connectivity index (χ2n) is 9.93. The van der Waals surface area contributed by atoms with E-state index in [0.717, 1.165) is 53.5 Å². The standard InChI is InChI=1S/C31H27F3N4OS/c32-31(33,34)24-10-11-25-26(20-24)36-29(35-25)28-13-12-27(40-28)22-6-8-23(9-7-22)30(39)38-18-16-37(17-19-38)15-14-21-4-2-1-3-5-21/h1-13,20H,14-19H2,(H,35,36). The van der Waals surface area contributed by atoms with Crippen LogP contribution in [-0.2, 0) is 12.6 Å². The smallest absolute Gasteiger partial charge is 0.337 e. The van der Waals surface area contributed by atoms with Gasteiger partial charge < -0.3 is 9.88 Å². The number of piperazine rings is 1. The molecule has 6 rings (SSSR count). The van der Waals surface area contributed by atoms with Gasteiger partial charge >= 0.3 is 6.18 Å². The van der Waals surface area contributed by atoms with Crippen LogP contribution in [0, 0.1) is 0 Å². The molecule has 0 saturated carbocycles. The average Bonchev–Trinajstić information content (AvgIpc) is 3.63. The first-order valence-electron chi connectivity index (χ1n) is 13.2. The third-order valence-electron chi connectivity index (χ3n) is 7.28. The van der Waals surface area contributed by atoms with Crippen molar-refractivity contribution in [3.63, 3.8) is 0 Å². The second kappa shape index (κ2) is 10.9. The molecule has 0 radical (unpaired) electrons. The molecule has 2 aromatic heterocycles. The van der Waals surface area contributed by atoms with E-state index < -0.39 is 11.7 Å². The average molecular weight is 561 g/mol. The quantitative estimate of drug-likeness (QED) is 0.244. The number of carbonyl (C=O) groups is 1. The number of carbonyl (C=O) groups excluding carboxylic acids is 1. The van der Waals surface area contributed by atoms with Crippen LogP contribution in [0.5, 0.6) is 0 Å². The molecule has 3 aromatic carbocycles. The summed E-state index contributed by atoms with van der Waals surface area (Å²) in [6.07, 6.45) is -3.39. The molecule has 40 heavy (non-hydrogen) atoms. The summed E-state index contributed by atoms with van der Waals surface area (Å²) < 4.78 is 39.2. The molecule has 1 aliphatic rings. The van der Waals surface area contributed by atoms with Gasteiger partial charge in [-0.2, -0.15) is 13.2 Å². The Morgan fingerprint density at radius 3 is 2.33 bits per heavy atom. The number of hydrogen-bond acceptors (Lipinski definition) is 4. The normalized spacial score (nSPS) is 14.6. The number of halogens is 3. The van der Waals surface area contributed by atoms with Gasteiger partial charge in [0, 0.05) is 43.2 Å². The zero-order chi connectivity index (χ0) is 27.7. The molecule has 3 heterocycles. The van der Waals surface area contributed by atoms with E-state index in [4.69, 9.17) is 0 Å². The van der Waals surface area contributed by atoms with Gasteiger partial charge in [0.2, 0.25) is 0 Å². The third kappa shape index (κ3) is 5.66. The highest BCUT2D eigenvalue weighted by atomic mass is 32.1. The lowest BCUT2D eigenvalue weighted by molar-refractivity contribution is -0.137. The lowest BCUT2D eigenvalue weighted by Crippen LogP contribution is -2.49. The first kappa shape index (κ1) is 26.3. The number of fused-ring (bicyclic) bond motifs is 1. The molecule has 1 amide bonds. The Balaban J connectivity index is 1.08. The van der Waals surface area contributed by atoms with E-state index >= 15 is 0 Å². The van der Waals surface area contributed by atoms with Gasteiger partial charge in [-0.3, -0.25) is 9.69 Å². The number of aromatic nitrogens is 2. The van der Waals surface area contributed by atoms with Crippen LogP contribution in [0.25, 0.3) is 32.2 Å².